The van der Waals surface area contributed by atoms with Crippen LogP contribution < -0.4 is 11.1 Å². The maximum atomic E-state index is 11.9. The maximum absolute atomic E-state index is 11.9. The predicted octanol–water partition coefficient (Wildman–Crippen LogP) is 1.84. The number of nitrogens with two attached hydrogens (primary N) is 1. The number of furan rings is 1. The van der Waals surface area contributed by atoms with E-state index in [0.717, 1.165) is 5.56 Å². The third-order valence-electron chi connectivity index (χ3n) is 2.90. The molecule has 0 fully saturated rings. The molecule has 1 heterocycles. The molecule has 0 bridgehead atoms. The molecule has 2 aromatic rings. The number of nitrogens with one attached hydrogen (secondary N) is 1. The fourth-order valence-corrected chi connectivity index (χ4v) is 2.86. The molecule has 7 heteroatoms. The normalized spacial score (nSPS) is 11.5. The van der Waals surface area contributed by atoms with Crippen LogP contribution in [0.3, 0.4) is 0 Å². The number of benzene rings is 1. The Labute approximate surface area is 138 Å². The van der Waals surface area contributed by atoms with E-state index >= 15 is 0 Å². The Bertz CT molecular complexity index is 616. The van der Waals surface area contributed by atoms with Crippen LogP contribution in [0.2, 0.25) is 0 Å². The van der Waals surface area contributed by atoms with Gasteiger partial charge in [-0.15, -0.1) is 12.4 Å². The van der Waals surface area contributed by atoms with Crippen LogP contribution in [-0.4, -0.2) is 22.4 Å². The Morgan fingerprint density at radius 2 is 2.00 bits per heavy atom. The number of hydrogen-bond donors (Lipinski definition) is 2. The molecule has 1 aromatic carbocycles. The summed E-state index contributed by atoms with van der Waals surface area (Å²) < 4.78 is 17.0. The predicted molar refractivity (Wildman–Crippen MR) is 89.3 cm³/mol. The molecular weight excluding hydrogens is 324 g/mol. The molecule has 3 N–H and O–H groups in total. The zero-order valence-electron chi connectivity index (χ0n) is 12.0. The first kappa shape index (κ1) is 18.4. The summed E-state index contributed by atoms with van der Waals surface area (Å²) in [4.78, 5) is 11.8. The van der Waals surface area contributed by atoms with Crippen LogP contribution in [0.15, 0.2) is 47.1 Å². The highest BCUT2D eigenvalue weighted by Crippen LogP contribution is 2.07. The van der Waals surface area contributed by atoms with Gasteiger partial charge in [0.15, 0.2) is 0 Å². The van der Waals surface area contributed by atoms with Crippen molar-refractivity contribution in [3.63, 3.8) is 0 Å². The molecule has 0 aliphatic heterocycles. The van der Waals surface area contributed by atoms with Gasteiger partial charge >= 0.3 is 0 Å². The summed E-state index contributed by atoms with van der Waals surface area (Å²) in [5.41, 5.74) is 6.88. The molecule has 0 saturated carbocycles. The van der Waals surface area contributed by atoms with E-state index in [-0.39, 0.29) is 24.9 Å². The molecule has 0 saturated heterocycles. The van der Waals surface area contributed by atoms with E-state index in [2.05, 4.69) is 5.32 Å². The van der Waals surface area contributed by atoms with Crippen molar-refractivity contribution in [2.75, 3.05) is 12.3 Å². The van der Waals surface area contributed by atoms with E-state index in [1.54, 1.807) is 6.07 Å². The zero-order valence-corrected chi connectivity index (χ0v) is 13.6. The van der Waals surface area contributed by atoms with Gasteiger partial charge in [-0.2, -0.15) is 0 Å². The molecule has 5 nitrogen and oxygen atoms in total. The first-order chi connectivity index (χ1) is 10.2. The average Bonchev–Trinajstić information content (AvgIpc) is 2.97. The Balaban J connectivity index is 0.00000242. The second-order valence-corrected chi connectivity index (χ2v) is 6.11. The number of rotatable bonds is 7. The van der Waals surface area contributed by atoms with Crippen molar-refractivity contribution >= 4 is 29.1 Å². The van der Waals surface area contributed by atoms with Gasteiger partial charge in [0.25, 0.3) is 5.91 Å². The van der Waals surface area contributed by atoms with Crippen LogP contribution >= 0.6 is 12.4 Å². The van der Waals surface area contributed by atoms with Crippen molar-refractivity contribution in [2.45, 2.75) is 12.3 Å². The van der Waals surface area contributed by atoms with Crippen molar-refractivity contribution in [1.29, 1.82) is 0 Å². The summed E-state index contributed by atoms with van der Waals surface area (Å²) in [5.74, 6) is 1.24. The number of hydrogen-bond acceptors (Lipinski definition) is 4. The summed E-state index contributed by atoms with van der Waals surface area (Å²) in [5, 5.41) is 2.72. The minimum absolute atomic E-state index is 0. The number of carbonyl (C=O) groups is 1. The minimum Gasteiger partial charge on any atom is -0.467 e. The SMILES string of the molecule is Cl.NCc1cc(C(=O)NCCS(=O)Cc2ccccc2)co1. The van der Waals surface area contributed by atoms with Crippen LogP contribution in [0.4, 0.5) is 0 Å². The lowest BCUT2D eigenvalue weighted by molar-refractivity contribution is 0.0955. The van der Waals surface area contributed by atoms with Crippen molar-refractivity contribution < 1.29 is 13.4 Å². The van der Waals surface area contributed by atoms with Gasteiger partial charge < -0.3 is 15.5 Å². The fraction of sp³-hybridized carbons (Fsp3) is 0.267. The largest absolute Gasteiger partial charge is 0.467 e. The topological polar surface area (TPSA) is 85.3 Å². The Morgan fingerprint density at radius 1 is 1.27 bits per heavy atom. The highest BCUT2D eigenvalue weighted by Gasteiger charge is 2.09. The highest BCUT2D eigenvalue weighted by molar-refractivity contribution is 7.84. The Morgan fingerprint density at radius 3 is 2.64 bits per heavy atom. The highest BCUT2D eigenvalue weighted by atomic mass is 35.5. The van der Waals surface area contributed by atoms with Crippen LogP contribution in [0, 0.1) is 0 Å². The summed E-state index contributed by atoms with van der Waals surface area (Å²) in [6, 6.07) is 11.3. The van der Waals surface area contributed by atoms with E-state index in [9.17, 15) is 9.00 Å². The first-order valence-electron chi connectivity index (χ1n) is 6.63. The van der Waals surface area contributed by atoms with Gasteiger partial charge in [-0.3, -0.25) is 9.00 Å². The van der Waals surface area contributed by atoms with Crippen molar-refractivity contribution in [3.05, 3.63) is 59.5 Å². The summed E-state index contributed by atoms with van der Waals surface area (Å²) in [6.07, 6.45) is 1.37. The first-order valence-corrected chi connectivity index (χ1v) is 8.12. The summed E-state index contributed by atoms with van der Waals surface area (Å²) in [6.45, 7) is 0.621. The van der Waals surface area contributed by atoms with Crippen molar-refractivity contribution in [1.82, 2.24) is 5.32 Å². The molecule has 1 atom stereocenters. The van der Waals surface area contributed by atoms with Crippen molar-refractivity contribution in [3.8, 4) is 0 Å². The van der Waals surface area contributed by atoms with Crippen LogP contribution in [0.25, 0.3) is 0 Å². The molecule has 0 spiro atoms. The number of carbonyl (C=O) groups excluding carboxylic acids is 1. The van der Waals surface area contributed by atoms with E-state index in [1.807, 2.05) is 30.3 Å². The molecule has 1 amide bonds. The van der Waals surface area contributed by atoms with E-state index in [0.29, 0.717) is 29.4 Å². The number of amides is 1. The fourth-order valence-electron chi connectivity index (χ4n) is 1.82. The van der Waals surface area contributed by atoms with Crippen LogP contribution in [-0.2, 0) is 23.1 Å². The quantitative estimate of drug-likeness (QED) is 0.804. The van der Waals surface area contributed by atoms with Crippen molar-refractivity contribution in [2.24, 2.45) is 5.73 Å². The van der Waals surface area contributed by atoms with Gasteiger partial charge in [-0.05, 0) is 11.6 Å². The monoisotopic (exact) mass is 342 g/mol. The molecule has 1 unspecified atom stereocenters. The molecule has 0 radical (unpaired) electrons. The smallest absolute Gasteiger partial charge is 0.254 e. The second-order valence-electron chi connectivity index (χ2n) is 4.54. The van der Waals surface area contributed by atoms with Gasteiger partial charge in [-0.25, -0.2) is 0 Å². The zero-order chi connectivity index (χ0) is 15.1. The van der Waals surface area contributed by atoms with Gasteiger partial charge in [0.1, 0.15) is 12.0 Å². The van der Waals surface area contributed by atoms with E-state index < -0.39 is 10.8 Å². The van der Waals surface area contributed by atoms with Gasteiger partial charge in [0, 0.05) is 28.9 Å². The van der Waals surface area contributed by atoms with Gasteiger partial charge in [0.2, 0.25) is 0 Å². The lowest BCUT2D eigenvalue weighted by Gasteiger charge is -2.04. The number of halogens is 1. The van der Waals surface area contributed by atoms with E-state index in [1.165, 1.54) is 6.26 Å². The Hall–Kier alpha value is -1.63. The minimum atomic E-state index is -0.998. The van der Waals surface area contributed by atoms with Gasteiger partial charge in [0.05, 0.1) is 12.1 Å². The second kappa shape index (κ2) is 9.40. The summed E-state index contributed by atoms with van der Waals surface area (Å²) in [7, 11) is -0.998. The third kappa shape index (κ3) is 5.63. The van der Waals surface area contributed by atoms with Crippen LogP contribution in [0.1, 0.15) is 21.7 Å². The van der Waals surface area contributed by atoms with Crippen LogP contribution in [0.5, 0.6) is 0 Å². The lowest BCUT2D eigenvalue weighted by atomic mass is 10.2. The molecule has 1 aromatic heterocycles. The standard InChI is InChI=1S/C15H18N2O3S.ClH/c16-9-14-8-13(10-20-14)15(18)17-6-7-21(19)11-12-4-2-1-3-5-12;/h1-5,8,10H,6-7,9,11,16H2,(H,17,18);1H. The lowest BCUT2D eigenvalue weighted by Crippen LogP contribution is -2.27. The third-order valence-corrected chi connectivity index (χ3v) is 4.22. The molecular formula is C15H19ClN2O3S. The molecule has 120 valence electrons. The molecule has 0 aliphatic carbocycles. The molecule has 22 heavy (non-hydrogen) atoms. The maximum Gasteiger partial charge on any atom is 0.254 e. The van der Waals surface area contributed by atoms with E-state index in [4.69, 9.17) is 10.2 Å². The molecule has 0 aliphatic rings. The summed E-state index contributed by atoms with van der Waals surface area (Å²) >= 11 is 0. The Kier molecular flexibility index (Phi) is 7.87. The molecule has 2 rings (SSSR count). The van der Waals surface area contributed by atoms with Gasteiger partial charge in [-0.1, -0.05) is 30.3 Å². The average molecular weight is 343 g/mol.